The van der Waals surface area contributed by atoms with E-state index in [0.29, 0.717) is 16.7 Å². The van der Waals surface area contributed by atoms with Gasteiger partial charge in [-0.1, -0.05) is 61.8 Å². The Labute approximate surface area is 115 Å². The SMILES string of the molecule is CCN(CC)OCC(CC(C)(C)C)C(C)(C)CC. The molecule has 0 bridgehead atoms. The van der Waals surface area contributed by atoms with Gasteiger partial charge in [-0.3, -0.25) is 4.84 Å². The zero-order valence-corrected chi connectivity index (χ0v) is 14.0. The number of nitrogens with zero attached hydrogens (tertiary/aromatic N) is 1. The van der Waals surface area contributed by atoms with Crippen LogP contribution in [-0.2, 0) is 4.84 Å². The summed E-state index contributed by atoms with van der Waals surface area (Å²) in [6.45, 7) is 21.1. The maximum Gasteiger partial charge on any atom is 0.0718 e. The van der Waals surface area contributed by atoms with Gasteiger partial charge in [0.05, 0.1) is 6.61 Å². The lowest BCUT2D eigenvalue weighted by molar-refractivity contribution is -0.175. The number of hydrogen-bond acceptors (Lipinski definition) is 2. The molecule has 0 aliphatic carbocycles. The minimum atomic E-state index is 0.348. The van der Waals surface area contributed by atoms with E-state index in [1.165, 1.54) is 12.8 Å². The topological polar surface area (TPSA) is 12.5 Å². The molecule has 0 rings (SSSR count). The average molecular weight is 257 g/mol. The van der Waals surface area contributed by atoms with Crippen molar-refractivity contribution in [3.05, 3.63) is 0 Å². The van der Waals surface area contributed by atoms with Gasteiger partial charge >= 0.3 is 0 Å². The molecule has 0 aromatic heterocycles. The highest BCUT2D eigenvalue weighted by molar-refractivity contribution is 4.81. The molecular formula is C16H35NO. The third kappa shape index (κ3) is 6.75. The first-order valence-electron chi connectivity index (χ1n) is 7.54. The monoisotopic (exact) mass is 257 g/mol. The largest absolute Gasteiger partial charge is 0.299 e. The second-order valence-electron chi connectivity index (χ2n) is 7.21. The molecule has 0 N–H and O–H groups in total. The molecule has 0 aromatic rings. The van der Waals surface area contributed by atoms with E-state index in [1.807, 2.05) is 0 Å². The summed E-state index contributed by atoms with van der Waals surface area (Å²) < 4.78 is 0. The Bertz CT molecular complexity index is 214. The lowest BCUT2D eigenvalue weighted by Crippen LogP contribution is -2.35. The number of hydroxylamine groups is 2. The molecule has 2 nitrogen and oxygen atoms in total. The Kier molecular flexibility index (Phi) is 7.46. The van der Waals surface area contributed by atoms with Gasteiger partial charge < -0.3 is 0 Å². The van der Waals surface area contributed by atoms with Crippen molar-refractivity contribution in [2.24, 2.45) is 16.7 Å². The first-order valence-corrected chi connectivity index (χ1v) is 7.54. The molecule has 0 radical (unpaired) electrons. The third-order valence-electron chi connectivity index (χ3n) is 4.04. The molecule has 18 heavy (non-hydrogen) atoms. The maximum atomic E-state index is 5.97. The summed E-state index contributed by atoms with van der Waals surface area (Å²) >= 11 is 0. The molecule has 0 heterocycles. The van der Waals surface area contributed by atoms with Gasteiger partial charge in [-0.2, -0.15) is 5.06 Å². The molecule has 2 heteroatoms. The zero-order chi connectivity index (χ0) is 14.4. The van der Waals surface area contributed by atoms with E-state index < -0.39 is 0 Å². The standard InChI is InChI=1S/C16H35NO/c1-9-16(7,8)14(12-15(4,5)6)13-18-17(10-2)11-3/h14H,9-13H2,1-8H3. The van der Waals surface area contributed by atoms with Crippen molar-refractivity contribution in [2.75, 3.05) is 19.7 Å². The van der Waals surface area contributed by atoms with Gasteiger partial charge in [-0.05, 0) is 23.2 Å². The molecular weight excluding hydrogens is 222 g/mol. The highest BCUT2D eigenvalue weighted by Crippen LogP contribution is 2.38. The molecule has 0 amide bonds. The Morgan fingerprint density at radius 2 is 1.44 bits per heavy atom. The molecule has 0 aliphatic heterocycles. The minimum absolute atomic E-state index is 0.348. The summed E-state index contributed by atoms with van der Waals surface area (Å²) in [5.74, 6) is 0.614. The van der Waals surface area contributed by atoms with E-state index in [0.717, 1.165) is 19.7 Å². The van der Waals surface area contributed by atoms with Crippen LogP contribution in [0.4, 0.5) is 0 Å². The van der Waals surface area contributed by atoms with Crippen LogP contribution in [0.3, 0.4) is 0 Å². The molecule has 0 aromatic carbocycles. The first-order chi connectivity index (χ1) is 8.16. The fourth-order valence-electron chi connectivity index (χ4n) is 2.19. The maximum absolute atomic E-state index is 5.97. The van der Waals surface area contributed by atoms with Crippen LogP contribution in [0, 0.1) is 16.7 Å². The van der Waals surface area contributed by atoms with Crippen LogP contribution in [0.1, 0.15) is 68.2 Å². The smallest absolute Gasteiger partial charge is 0.0718 e. The average Bonchev–Trinajstić information content (AvgIpc) is 2.27. The highest BCUT2D eigenvalue weighted by atomic mass is 16.7. The van der Waals surface area contributed by atoms with E-state index in [1.54, 1.807) is 0 Å². The molecule has 0 fully saturated rings. The predicted molar refractivity (Wildman–Crippen MR) is 80.5 cm³/mol. The van der Waals surface area contributed by atoms with Crippen LogP contribution in [0.25, 0.3) is 0 Å². The Balaban J connectivity index is 4.58. The fraction of sp³-hybridized carbons (Fsp3) is 1.00. The van der Waals surface area contributed by atoms with Gasteiger partial charge in [0.1, 0.15) is 0 Å². The molecule has 0 saturated heterocycles. The van der Waals surface area contributed by atoms with E-state index >= 15 is 0 Å². The van der Waals surface area contributed by atoms with E-state index in [4.69, 9.17) is 4.84 Å². The normalized spacial score (nSPS) is 15.2. The summed E-state index contributed by atoms with van der Waals surface area (Å²) in [5, 5.41) is 2.06. The predicted octanol–water partition coefficient (Wildman–Crippen LogP) is 4.75. The van der Waals surface area contributed by atoms with E-state index in [2.05, 4.69) is 60.5 Å². The summed E-state index contributed by atoms with van der Waals surface area (Å²) in [6.07, 6.45) is 2.42. The van der Waals surface area contributed by atoms with Gasteiger partial charge in [0.2, 0.25) is 0 Å². The van der Waals surface area contributed by atoms with Crippen molar-refractivity contribution in [1.82, 2.24) is 5.06 Å². The fourth-order valence-corrected chi connectivity index (χ4v) is 2.19. The number of rotatable bonds is 8. The van der Waals surface area contributed by atoms with Crippen molar-refractivity contribution >= 4 is 0 Å². The van der Waals surface area contributed by atoms with Crippen molar-refractivity contribution < 1.29 is 4.84 Å². The van der Waals surface area contributed by atoms with Crippen LogP contribution >= 0.6 is 0 Å². The Hall–Kier alpha value is -0.0800. The number of hydrogen-bond donors (Lipinski definition) is 0. The van der Waals surface area contributed by atoms with Crippen molar-refractivity contribution in [1.29, 1.82) is 0 Å². The first kappa shape index (κ1) is 17.9. The van der Waals surface area contributed by atoms with Crippen LogP contribution in [0.2, 0.25) is 0 Å². The van der Waals surface area contributed by atoms with Gasteiger partial charge in [0, 0.05) is 13.1 Å². The van der Waals surface area contributed by atoms with Gasteiger partial charge in [-0.25, -0.2) is 0 Å². The van der Waals surface area contributed by atoms with Gasteiger partial charge in [0.25, 0.3) is 0 Å². The lowest BCUT2D eigenvalue weighted by atomic mass is 9.70. The second-order valence-corrected chi connectivity index (χ2v) is 7.21. The van der Waals surface area contributed by atoms with Crippen molar-refractivity contribution in [2.45, 2.75) is 68.2 Å². The Morgan fingerprint density at radius 3 is 1.78 bits per heavy atom. The van der Waals surface area contributed by atoms with Crippen LogP contribution in [0.15, 0.2) is 0 Å². The van der Waals surface area contributed by atoms with Gasteiger partial charge in [0.15, 0.2) is 0 Å². The molecule has 1 unspecified atom stereocenters. The van der Waals surface area contributed by atoms with Crippen molar-refractivity contribution in [3.63, 3.8) is 0 Å². The summed E-state index contributed by atoms with van der Waals surface area (Å²) in [7, 11) is 0. The van der Waals surface area contributed by atoms with E-state index in [9.17, 15) is 0 Å². The lowest BCUT2D eigenvalue weighted by Gasteiger charge is -2.38. The third-order valence-corrected chi connectivity index (χ3v) is 4.04. The molecule has 110 valence electrons. The highest BCUT2D eigenvalue weighted by Gasteiger charge is 2.31. The molecule has 0 spiro atoms. The van der Waals surface area contributed by atoms with E-state index in [-0.39, 0.29) is 0 Å². The molecule has 0 aliphatic rings. The minimum Gasteiger partial charge on any atom is -0.299 e. The Morgan fingerprint density at radius 1 is 0.944 bits per heavy atom. The van der Waals surface area contributed by atoms with Crippen LogP contribution in [-0.4, -0.2) is 24.8 Å². The van der Waals surface area contributed by atoms with Gasteiger partial charge in [-0.15, -0.1) is 0 Å². The molecule has 0 saturated carbocycles. The van der Waals surface area contributed by atoms with Crippen LogP contribution < -0.4 is 0 Å². The van der Waals surface area contributed by atoms with Crippen molar-refractivity contribution in [3.8, 4) is 0 Å². The second kappa shape index (κ2) is 7.49. The summed E-state index contributed by atoms with van der Waals surface area (Å²) in [6, 6.07) is 0. The van der Waals surface area contributed by atoms with Crippen LogP contribution in [0.5, 0.6) is 0 Å². The summed E-state index contributed by atoms with van der Waals surface area (Å²) in [5.41, 5.74) is 0.712. The quantitative estimate of drug-likeness (QED) is 0.582. The zero-order valence-electron chi connectivity index (χ0n) is 14.0. The molecule has 1 atom stereocenters. The summed E-state index contributed by atoms with van der Waals surface area (Å²) in [4.78, 5) is 5.97.